The van der Waals surface area contributed by atoms with Crippen LogP contribution in [0.15, 0.2) is 0 Å². The monoisotopic (exact) mass is 289 g/mol. The Labute approximate surface area is 115 Å². The van der Waals surface area contributed by atoms with Crippen LogP contribution in [0.2, 0.25) is 0 Å². The van der Waals surface area contributed by atoms with Gasteiger partial charge in [0.25, 0.3) is 0 Å². The Balaban J connectivity index is 1.73. The van der Waals surface area contributed by atoms with Crippen LogP contribution in [-0.2, 0) is 19.4 Å². The molecule has 1 unspecified atom stereocenters. The lowest BCUT2D eigenvalue weighted by atomic mass is 9.86. The van der Waals surface area contributed by atoms with Crippen LogP contribution in [0, 0.1) is 5.92 Å². The molecule has 0 aromatic rings. The average molecular weight is 289 g/mol. The van der Waals surface area contributed by atoms with E-state index in [1.54, 1.807) is 0 Å². The van der Waals surface area contributed by atoms with Crippen molar-refractivity contribution >= 4 is 15.8 Å². The first-order valence-electron chi connectivity index (χ1n) is 7.13. The minimum absolute atomic E-state index is 0.0327. The van der Waals surface area contributed by atoms with Gasteiger partial charge in [0.2, 0.25) is 0 Å². The molecule has 0 bridgehead atoms. The molecule has 1 atom stereocenters. The number of carbonyl (C=O) groups excluding carboxylic acids is 1. The Morgan fingerprint density at radius 1 is 1.16 bits per heavy atom. The van der Waals surface area contributed by atoms with Gasteiger partial charge in [-0.05, 0) is 39.0 Å². The molecule has 5 nitrogen and oxygen atoms in total. The zero-order valence-electron chi connectivity index (χ0n) is 11.4. The third-order valence-corrected chi connectivity index (χ3v) is 5.82. The summed E-state index contributed by atoms with van der Waals surface area (Å²) in [6.45, 7) is 2.27. The SMILES string of the molecule is CCOC(=O)C1CCC(NC2CCS(=O)(=O)C2)CC1. The molecule has 0 amide bonds. The lowest BCUT2D eigenvalue weighted by Gasteiger charge is -2.29. The topological polar surface area (TPSA) is 72.5 Å². The zero-order valence-corrected chi connectivity index (χ0v) is 12.2. The number of sulfone groups is 1. The molecule has 2 rings (SSSR count). The second-order valence-electron chi connectivity index (χ2n) is 5.57. The van der Waals surface area contributed by atoms with E-state index in [1.165, 1.54) is 0 Å². The minimum Gasteiger partial charge on any atom is -0.466 e. The number of nitrogens with one attached hydrogen (secondary N) is 1. The van der Waals surface area contributed by atoms with E-state index in [9.17, 15) is 13.2 Å². The van der Waals surface area contributed by atoms with E-state index in [2.05, 4.69) is 5.32 Å². The van der Waals surface area contributed by atoms with Crippen LogP contribution < -0.4 is 5.32 Å². The van der Waals surface area contributed by atoms with Gasteiger partial charge in [-0.15, -0.1) is 0 Å². The van der Waals surface area contributed by atoms with Gasteiger partial charge in [0.15, 0.2) is 9.84 Å². The highest BCUT2D eigenvalue weighted by molar-refractivity contribution is 7.91. The number of hydrogen-bond acceptors (Lipinski definition) is 5. The predicted octanol–water partition coefficient (Wildman–Crippen LogP) is 0.885. The van der Waals surface area contributed by atoms with Gasteiger partial charge < -0.3 is 10.1 Å². The Bertz CT molecular complexity index is 412. The summed E-state index contributed by atoms with van der Waals surface area (Å²) in [7, 11) is -2.81. The van der Waals surface area contributed by atoms with Crippen molar-refractivity contribution in [1.82, 2.24) is 5.32 Å². The van der Waals surface area contributed by atoms with E-state index >= 15 is 0 Å². The van der Waals surface area contributed by atoms with E-state index in [0.29, 0.717) is 18.4 Å². The third kappa shape index (κ3) is 4.18. The van der Waals surface area contributed by atoms with E-state index < -0.39 is 9.84 Å². The molecule has 1 N–H and O–H groups in total. The van der Waals surface area contributed by atoms with Crippen molar-refractivity contribution in [2.24, 2.45) is 5.92 Å². The van der Waals surface area contributed by atoms with Gasteiger partial charge in [-0.1, -0.05) is 0 Å². The van der Waals surface area contributed by atoms with Gasteiger partial charge in [0, 0.05) is 12.1 Å². The van der Waals surface area contributed by atoms with Gasteiger partial charge in [-0.2, -0.15) is 0 Å². The number of ether oxygens (including phenoxy) is 1. The molecule has 6 heteroatoms. The van der Waals surface area contributed by atoms with Gasteiger partial charge >= 0.3 is 5.97 Å². The minimum atomic E-state index is -2.81. The van der Waals surface area contributed by atoms with Crippen LogP contribution in [0.1, 0.15) is 39.0 Å². The molecule has 1 saturated heterocycles. The first kappa shape index (κ1) is 14.8. The van der Waals surface area contributed by atoms with Gasteiger partial charge in [-0.3, -0.25) is 4.79 Å². The number of esters is 1. The summed E-state index contributed by atoms with van der Waals surface area (Å²) in [4.78, 5) is 11.6. The predicted molar refractivity (Wildman–Crippen MR) is 72.6 cm³/mol. The lowest BCUT2D eigenvalue weighted by Crippen LogP contribution is -2.42. The molecule has 1 heterocycles. The van der Waals surface area contributed by atoms with Crippen LogP contribution in [0.5, 0.6) is 0 Å². The second-order valence-corrected chi connectivity index (χ2v) is 7.80. The van der Waals surface area contributed by atoms with Gasteiger partial charge in [-0.25, -0.2) is 8.42 Å². The van der Waals surface area contributed by atoms with Crippen molar-refractivity contribution in [3.63, 3.8) is 0 Å². The average Bonchev–Trinajstić information content (AvgIpc) is 2.70. The highest BCUT2D eigenvalue weighted by atomic mass is 32.2. The van der Waals surface area contributed by atoms with E-state index in [1.807, 2.05) is 6.92 Å². The summed E-state index contributed by atoms with van der Waals surface area (Å²) in [5.41, 5.74) is 0. The summed E-state index contributed by atoms with van der Waals surface area (Å²) < 4.78 is 27.8. The summed E-state index contributed by atoms with van der Waals surface area (Å²) >= 11 is 0. The van der Waals surface area contributed by atoms with Gasteiger partial charge in [0.1, 0.15) is 0 Å². The summed E-state index contributed by atoms with van der Waals surface area (Å²) in [5, 5.41) is 3.43. The molecule has 1 saturated carbocycles. The Hall–Kier alpha value is -0.620. The Morgan fingerprint density at radius 3 is 2.37 bits per heavy atom. The molecule has 2 fully saturated rings. The fraction of sp³-hybridized carbons (Fsp3) is 0.923. The van der Waals surface area contributed by atoms with Crippen LogP contribution in [0.4, 0.5) is 0 Å². The van der Waals surface area contributed by atoms with Crippen molar-refractivity contribution in [3.8, 4) is 0 Å². The normalized spacial score (nSPS) is 34.1. The molecule has 110 valence electrons. The first-order valence-corrected chi connectivity index (χ1v) is 8.95. The van der Waals surface area contributed by atoms with Crippen molar-refractivity contribution in [2.45, 2.75) is 51.1 Å². The standard InChI is InChI=1S/C13H23NO4S/c1-2-18-13(15)10-3-5-11(6-4-10)14-12-7-8-19(16,17)9-12/h10-12,14H,2-9H2,1H3. The third-order valence-electron chi connectivity index (χ3n) is 4.05. The Kier molecular flexibility index (Phi) is 4.84. The molecular formula is C13H23NO4S. The number of carbonyl (C=O) groups is 1. The molecular weight excluding hydrogens is 266 g/mol. The molecule has 0 spiro atoms. The van der Waals surface area contributed by atoms with Crippen molar-refractivity contribution < 1.29 is 17.9 Å². The first-order chi connectivity index (χ1) is 9.00. The fourth-order valence-electron chi connectivity index (χ4n) is 3.02. The van der Waals surface area contributed by atoms with Crippen LogP contribution in [0.3, 0.4) is 0 Å². The number of rotatable bonds is 4. The van der Waals surface area contributed by atoms with E-state index in [-0.39, 0.29) is 23.7 Å². The molecule has 19 heavy (non-hydrogen) atoms. The second kappa shape index (κ2) is 6.22. The molecule has 1 aliphatic heterocycles. The van der Waals surface area contributed by atoms with Crippen molar-refractivity contribution in [2.75, 3.05) is 18.1 Å². The van der Waals surface area contributed by atoms with Crippen molar-refractivity contribution in [3.05, 3.63) is 0 Å². The van der Waals surface area contributed by atoms with Gasteiger partial charge in [0.05, 0.1) is 24.0 Å². The van der Waals surface area contributed by atoms with Crippen LogP contribution in [0.25, 0.3) is 0 Å². The quantitative estimate of drug-likeness (QED) is 0.778. The fourth-order valence-corrected chi connectivity index (χ4v) is 4.70. The summed E-state index contributed by atoms with van der Waals surface area (Å²) in [6, 6.07) is 0.457. The highest BCUT2D eigenvalue weighted by Gasteiger charge is 2.32. The van der Waals surface area contributed by atoms with Crippen molar-refractivity contribution in [1.29, 1.82) is 0 Å². The number of hydrogen-bond donors (Lipinski definition) is 1. The smallest absolute Gasteiger partial charge is 0.308 e. The van der Waals surface area contributed by atoms with Crippen LogP contribution in [-0.4, -0.2) is 44.6 Å². The van der Waals surface area contributed by atoms with Crippen LogP contribution >= 0.6 is 0 Å². The Morgan fingerprint density at radius 2 is 1.84 bits per heavy atom. The summed E-state index contributed by atoms with van der Waals surface area (Å²) in [6.07, 6.45) is 4.27. The zero-order chi connectivity index (χ0) is 13.9. The van der Waals surface area contributed by atoms with E-state index in [0.717, 1.165) is 32.1 Å². The molecule has 0 aromatic heterocycles. The largest absolute Gasteiger partial charge is 0.466 e. The lowest BCUT2D eigenvalue weighted by molar-refractivity contribution is -0.149. The maximum Gasteiger partial charge on any atom is 0.308 e. The summed E-state index contributed by atoms with van der Waals surface area (Å²) in [5.74, 6) is 0.530. The molecule has 1 aliphatic carbocycles. The molecule has 0 radical (unpaired) electrons. The highest BCUT2D eigenvalue weighted by Crippen LogP contribution is 2.26. The maximum atomic E-state index is 11.6. The van der Waals surface area contributed by atoms with E-state index in [4.69, 9.17) is 4.74 Å². The maximum absolute atomic E-state index is 11.6. The molecule has 2 aliphatic rings. The molecule has 0 aromatic carbocycles.